The van der Waals surface area contributed by atoms with Crippen LogP contribution in [-0.2, 0) is 6.42 Å². The zero-order valence-corrected chi connectivity index (χ0v) is 15.1. The molecule has 1 aromatic carbocycles. The Labute approximate surface area is 156 Å². The number of anilines is 2. The monoisotopic (exact) mass is 383 g/mol. The van der Waals surface area contributed by atoms with E-state index in [4.69, 9.17) is 28.8 Å². The van der Waals surface area contributed by atoms with Gasteiger partial charge in [0.15, 0.2) is 28.4 Å². The number of benzene rings is 1. The molecule has 2 rings (SSSR count). The molecule has 8 nitrogen and oxygen atoms in total. The number of aryl methyl sites for hydroxylation is 1. The molecule has 25 heavy (non-hydrogen) atoms. The van der Waals surface area contributed by atoms with E-state index in [1.165, 1.54) is 11.1 Å². The van der Waals surface area contributed by atoms with E-state index in [0.717, 1.165) is 6.42 Å². The van der Waals surface area contributed by atoms with Crippen molar-refractivity contribution >= 4 is 47.5 Å². The maximum atomic E-state index is 11.8. The second-order valence-corrected chi connectivity index (χ2v) is 5.46. The summed E-state index contributed by atoms with van der Waals surface area (Å²) in [5, 5.41) is 3.06. The summed E-state index contributed by atoms with van der Waals surface area (Å²) in [7, 11) is 0. The lowest BCUT2D eigenvalue weighted by Gasteiger charge is -2.09. The van der Waals surface area contributed by atoms with Crippen LogP contribution in [-0.4, -0.2) is 28.4 Å². The second-order valence-electron chi connectivity index (χ2n) is 5.10. The van der Waals surface area contributed by atoms with Crippen molar-refractivity contribution in [2.45, 2.75) is 13.3 Å². The molecule has 0 saturated carbocycles. The zero-order chi connectivity index (χ0) is 17.7. The number of carbonyl (C=O) groups is 1. The van der Waals surface area contributed by atoms with Gasteiger partial charge >= 0.3 is 5.91 Å². The van der Waals surface area contributed by atoms with E-state index in [0.29, 0.717) is 12.4 Å². The molecule has 0 unspecified atom stereocenters. The third kappa shape index (κ3) is 5.77. The topological polar surface area (TPSA) is 145 Å². The molecule has 2 aromatic rings. The van der Waals surface area contributed by atoms with Gasteiger partial charge in [0.25, 0.3) is 0 Å². The summed E-state index contributed by atoms with van der Waals surface area (Å²) in [6.07, 6.45) is 0.771. The van der Waals surface area contributed by atoms with Crippen LogP contribution in [0.4, 0.5) is 11.6 Å². The minimum absolute atomic E-state index is 0. The van der Waals surface area contributed by atoms with Crippen LogP contribution in [0.15, 0.2) is 29.3 Å². The molecule has 134 valence electrons. The average Bonchev–Trinajstić information content (AvgIpc) is 2.51. The van der Waals surface area contributed by atoms with Gasteiger partial charge in [-0.3, -0.25) is 4.79 Å². The predicted octanol–water partition coefficient (Wildman–Crippen LogP) is 1.51. The van der Waals surface area contributed by atoms with E-state index < -0.39 is 11.9 Å². The van der Waals surface area contributed by atoms with Gasteiger partial charge < -0.3 is 22.5 Å². The number of nitrogens with one attached hydrogen (secondary N) is 1. The molecule has 0 bridgehead atoms. The largest absolute Gasteiger partial charge is 0.382 e. The Hall–Kier alpha value is -2.58. The molecule has 0 radical (unpaired) electrons. The molecule has 0 fully saturated rings. The van der Waals surface area contributed by atoms with Crippen LogP contribution in [0.2, 0.25) is 5.15 Å². The van der Waals surface area contributed by atoms with Crippen LogP contribution in [0.25, 0.3) is 0 Å². The summed E-state index contributed by atoms with van der Waals surface area (Å²) < 4.78 is 0. The summed E-state index contributed by atoms with van der Waals surface area (Å²) >= 11 is 6.03. The first kappa shape index (κ1) is 20.5. The summed E-state index contributed by atoms with van der Waals surface area (Å²) in [4.78, 5) is 23.1. The van der Waals surface area contributed by atoms with Crippen molar-refractivity contribution in [2.24, 2.45) is 16.5 Å². The molecular formula is C15H19Cl2N7O. The summed E-state index contributed by atoms with van der Waals surface area (Å²) in [5.74, 6) is -1.000. The first-order chi connectivity index (χ1) is 11.4. The molecule has 1 amide bonds. The molecule has 1 aromatic heterocycles. The van der Waals surface area contributed by atoms with Crippen LogP contribution < -0.4 is 22.5 Å². The van der Waals surface area contributed by atoms with E-state index in [-0.39, 0.29) is 29.1 Å². The van der Waals surface area contributed by atoms with Gasteiger partial charge in [-0.2, -0.15) is 4.99 Å². The van der Waals surface area contributed by atoms with Gasteiger partial charge in [-0.25, -0.2) is 9.97 Å². The maximum absolute atomic E-state index is 11.8. The fourth-order valence-electron chi connectivity index (χ4n) is 1.95. The molecule has 0 aliphatic rings. The SMILES string of the molecule is Cc1ccc(CCNc2nc(N)c(C(=O)N=C(N)N)nc2Cl)cc1.Cl. The highest BCUT2D eigenvalue weighted by Gasteiger charge is 2.16. The molecule has 0 atom stereocenters. The number of aromatic nitrogens is 2. The van der Waals surface area contributed by atoms with Crippen molar-refractivity contribution < 1.29 is 4.79 Å². The summed E-state index contributed by atoms with van der Waals surface area (Å²) in [6.45, 7) is 2.61. The number of aliphatic imine (C=N–C) groups is 1. The van der Waals surface area contributed by atoms with Gasteiger partial charge in [0.05, 0.1) is 0 Å². The lowest BCUT2D eigenvalue weighted by Crippen LogP contribution is -2.25. The van der Waals surface area contributed by atoms with Gasteiger partial charge in [-0.1, -0.05) is 41.4 Å². The quantitative estimate of drug-likeness (QED) is 0.451. The van der Waals surface area contributed by atoms with Gasteiger partial charge in [0.1, 0.15) is 0 Å². The lowest BCUT2D eigenvalue weighted by atomic mass is 10.1. The van der Waals surface area contributed by atoms with Gasteiger partial charge in [0, 0.05) is 6.54 Å². The number of halogens is 2. The Morgan fingerprint density at radius 2 is 1.88 bits per heavy atom. The molecular weight excluding hydrogens is 365 g/mol. The minimum atomic E-state index is -0.798. The third-order valence-corrected chi connectivity index (χ3v) is 3.40. The van der Waals surface area contributed by atoms with E-state index in [9.17, 15) is 4.79 Å². The van der Waals surface area contributed by atoms with Crippen molar-refractivity contribution in [3.8, 4) is 0 Å². The highest BCUT2D eigenvalue weighted by Crippen LogP contribution is 2.21. The zero-order valence-electron chi connectivity index (χ0n) is 13.5. The number of amides is 1. The highest BCUT2D eigenvalue weighted by atomic mass is 35.5. The van der Waals surface area contributed by atoms with Gasteiger partial charge in [-0.15, -0.1) is 12.4 Å². The highest BCUT2D eigenvalue weighted by molar-refractivity contribution is 6.32. The first-order valence-corrected chi connectivity index (χ1v) is 7.51. The van der Waals surface area contributed by atoms with Crippen molar-refractivity contribution in [3.63, 3.8) is 0 Å². The third-order valence-electron chi connectivity index (χ3n) is 3.14. The molecule has 0 spiro atoms. The van der Waals surface area contributed by atoms with Gasteiger partial charge in [0.2, 0.25) is 0 Å². The van der Waals surface area contributed by atoms with Crippen LogP contribution in [0, 0.1) is 6.92 Å². The Morgan fingerprint density at radius 1 is 1.24 bits per heavy atom. The molecule has 0 aliphatic heterocycles. The van der Waals surface area contributed by atoms with Gasteiger partial charge in [-0.05, 0) is 18.9 Å². The molecule has 7 N–H and O–H groups in total. The van der Waals surface area contributed by atoms with Crippen molar-refractivity contribution in [3.05, 3.63) is 46.2 Å². The first-order valence-electron chi connectivity index (χ1n) is 7.13. The predicted molar refractivity (Wildman–Crippen MR) is 102 cm³/mol. The molecule has 0 saturated heterocycles. The number of hydrogen-bond donors (Lipinski definition) is 4. The number of carbonyl (C=O) groups excluding carboxylic acids is 1. The number of hydrogen-bond acceptors (Lipinski definition) is 5. The number of nitrogens with zero attached hydrogens (tertiary/aromatic N) is 3. The number of guanidine groups is 1. The summed E-state index contributed by atoms with van der Waals surface area (Å²) in [6, 6.07) is 8.19. The van der Waals surface area contributed by atoms with Crippen LogP contribution in [0.5, 0.6) is 0 Å². The Balaban J connectivity index is 0.00000312. The summed E-state index contributed by atoms with van der Waals surface area (Å²) in [5.41, 5.74) is 18.2. The minimum Gasteiger partial charge on any atom is -0.382 e. The molecule has 10 heteroatoms. The average molecular weight is 384 g/mol. The number of rotatable bonds is 5. The smallest absolute Gasteiger partial charge is 0.302 e. The Kier molecular flexibility index (Phi) is 7.41. The lowest BCUT2D eigenvalue weighted by molar-refractivity contribution is 0.0998. The van der Waals surface area contributed by atoms with E-state index in [1.807, 2.05) is 19.1 Å². The van der Waals surface area contributed by atoms with Crippen LogP contribution in [0.1, 0.15) is 21.6 Å². The normalized spacial score (nSPS) is 9.84. The van der Waals surface area contributed by atoms with E-state index in [2.05, 4.69) is 32.4 Å². The Bertz CT molecular complexity index is 774. The molecule has 0 aliphatic carbocycles. The van der Waals surface area contributed by atoms with E-state index >= 15 is 0 Å². The van der Waals surface area contributed by atoms with Crippen molar-refractivity contribution in [2.75, 3.05) is 17.6 Å². The Morgan fingerprint density at radius 3 is 2.48 bits per heavy atom. The van der Waals surface area contributed by atoms with Crippen molar-refractivity contribution in [1.82, 2.24) is 9.97 Å². The maximum Gasteiger partial charge on any atom is 0.302 e. The van der Waals surface area contributed by atoms with E-state index in [1.54, 1.807) is 0 Å². The number of nitrogen functional groups attached to an aromatic ring is 1. The second kappa shape index (κ2) is 9.05. The fraction of sp³-hybridized carbons (Fsp3) is 0.200. The number of nitrogens with two attached hydrogens (primary N) is 3. The van der Waals surface area contributed by atoms with Crippen molar-refractivity contribution in [1.29, 1.82) is 0 Å². The standard InChI is InChI=1S/C15H18ClN7O.ClH/c1-8-2-4-9(5-3-8)6-7-20-13-11(16)21-10(12(17)22-13)14(24)23-15(18)19;/h2-5H,6-7H2,1H3,(H3,17,20,22)(H4,18,19,23,24);1H. The van der Waals surface area contributed by atoms with Crippen LogP contribution in [0.3, 0.4) is 0 Å². The van der Waals surface area contributed by atoms with Crippen LogP contribution >= 0.6 is 24.0 Å². The molecule has 1 heterocycles. The fourth-order valence-corrected chi connectivity index (χ4v) is 2.14.